The second kappa shape index (κ2) is 7.04. The monoisotopic (exact) mass is 203 g/mol. The molecule has 0 aliphatic rings. The first-order valence-corrected chi connectivity index (χ1v) is 5.34. The first-order valence-electron chi connectivity index (χ1n) is 5.34. The van der Waals surface area contributed by atoms with Gasteiger partial charge in [0.1, 0.15) is 14.2 Å². The summed E-state index contributed by atoms with van der Waals surface area (Å²) in [5, 5.41) is 3.98. The summed E-state index contributed by atoms with van der Waals surface area (Å²) < 4.78 is 1.67. The van der Waals surface area contributed by atoms with Crippen LogP contribution in [0.1, 0.15) is 33.4 Å². The van der Waals surface area contributed by atoms with Crippen molar-refractivity contribution < 1.29 is 0 Å². The van der Waals surface area contributed by atoms with Crippen molar-refractivity contribution in [1.29, 1.82) is 0 Å². The quantitative estimate of drug-likeness (QED) is 0.612. The lowest BCUT2D eigenvalue weighted by Gasteiger charge is -1.97. The lowest BCUT2D eigenvalue weighted by atomic mass is 10.1. The molecule has 0 aliphatic heterocycles. The van der Waals surface area contributed by atoms with Gasteiger partial charge in [0.15, 0.2) is 0 Å². The molecule has 0 spiro atoms. The van der Waals surface area contributed by atoms with E-state index in [1.54, 1.807) is 4.52 Å². The topological polar surface area (TPSA) is 30.2 Å². The van der Waals surface area contributed by atoms with E-state index in [1.807, 2.05) is 46.8 Å². The molecule has 0 saturated carbocycles. The van der Waals surface area contributed by atoms with Crippen LogP contribution in [0, 0.1) is 6.92 Å². The Hall–Kier alpha value is -1.32. The van der Waals surface area contributed by atoms with Crippen LogP contribution in [0.5, 0.6) is 0 Å². The van der Waals surface area contributed by atoms with E-state index < -0.39 is 0 Å². The highest BCUT2D eigenvalue weighted by Crippen LogP contribution is 2.02. The first kappa shape index (κ1) is 13.7. The Kier molecular flexibility index (Phi) is 6.42. The predicted molar refractivity (Wildman–Crippen MR) is 65.8 cm³/mol. The van der Waals surface area contributed by atoms with E-state index in [9.17, 15) is 0 Å². The zero-order chi connectivity index (χ0) is 11.8. The van der Waals surface area contributed by atoms with Crippen molar-refractivity contribution in [2.75, 3.05) is 0 Å². The van der Waals surface area contributed by atoms with Crippen LogP contribution in [0.4, 0.5) is 0 Å². The molecule has 0 aromatic carbocycles. The van der Waals surface area contributed by atoms with Crippen LogP contribution in [-0.4, -0.2) is 22.4 Å². The number of rotatable bonds is 0. The Balaban J connectivity index is 0.000000442. The summed E-state index contributed by atoms with van der Waals surface area (Å²) >= 11 is 0. The van der Waals surface area contributed by atoms with Crippen LogP contribution < -0.4 is 5.59 Å². The molecule has 0 bridgehead atoms. The van der Waals surface area contributed by atoms with Gasteiger partial charge in [0, 0.05) is 0 Å². The number of hydrogen-bond donors (Lipinski definition) is 0. The van der Waals surface area contributed by atoms with Gasteiger partial charge in [-0.1, -0.05) is 27.7 Å². The highest BCUT2D eigenvalue weighted by atomic mass is 15.2. The van der Waals surface area contributed by atoms with E-state index in [0.29, 0.717) is 5.59 Å². The van der Waals surface area contributed by atoms with E-state index >= 15 is 0 Å². The molecule has 2 heterocycles. The first-order chi connectivity index (χ1) is 7.29. The minimum Gasteiger partial charge on any atom is -0.245 e. The van der Waals surface area contributed by atoms with E-state index in [2.05, 4.69) is 10.1 Å². The molecule has 80 valence electrons. The number of aryl methyl sites for hydroxylation is 1. The normalized spacial score (nSPS) is 8.60. The molecule has 3 nitrogen and oxygen atoms in total. The van der Waals surface area contributed by atoms with Gasteiger partial charge in [0.05, 0.1) is 11.2 Å². The third-order valence-electron chi connectivity index (χ3n) is 1.67. The van der Waals surface area contributed by atoms with Gasteiger partial charge in [-0.2, -0.15) is 5.10 Å². The van der Waals surface area contributed by atoms with Crippen molar-refractivity contribution in [3.05, 3.63) is 24.2 Å². The molecule has 0 N–H and O–H groups in total. The molecule has 15 heavy (non-hydrogen) atoms. The van der Waals surface area contributed by atoms with Gasteiger partial charge in [0.25, 0.3) is 0 Å². The molecular weight excluding hydrogens is 185 g/mol. The van der Waals surface area contributed by atoms with E-state index in [0.717, 1.165) is 11.2 Å². The number of aromatic nitrogens is 3. The fraction of sp³-hybridized carbons (Fsp3) is 0.455. The maximum atomic E-state index is 5.62. The number of hydrogen-bond acceptors (Lipinski definition) is 2. The highest BCUT2D eigenvalue weighted by molar-refractivity contribution is 6.31. The Labute approximate surface area is 92.9 Å². The molecule has 4 heteroatoms. The minimum absolute atomic E-state index is 0.644. The van der Waals surface area contributed by atoms with Crippen molar-refractivity contribution in [2.24, 2.45) is 0 Å². The lowest BCUT2D eigenvalue weighted by Crippen LogP contribution is -2.12. The molecule has 0 saturated heterocycles. The number of fused-ring (bicyclic) bond motifs is 1. The standard InChI is InChI=1S/C7H6BN3.2C2H6/c1-5-6-2-3-7(8)11(6)10-4-9-5;2*1-2/h2-4H,1H3;2*1-2H3. The average molecular weight is 203 g/mol. The molecule has 0 fully saturated rings. The van der Waals surface area contributed by atoms with E-state index in [1.165, 1.54) is 6.33 Å². The van der Waals surface area contributed by atoms with Crippen molar-refractivity contribution in [3.8, 4) is 0 Å². The van der Waals surface area contributed by atoms with Crippen LogP contribution in [0.15, 0.2) is 18.5 Å². The molecule has 0 aliphatic carbocycles. The summed E-state index contributed by atoms with van der Waals surface area (Å²) in [6.07, 6.45) is 1.50. The zero-order valence-electron chi connectivity index (χ0n) is 10.2. The van der Waals surface area contributed by atoms with Gasteiger partial charge in [-0.05, 0) is 24.6 Å². The molecule has 2 aromatic rings. The molecule has 0 amide bonds. The molecule has 0 atom stereocenters. The van der Waals surface area contributed by atoms with Crippen LogP contribution in [0.3, 0.4) is 0 Å². The van der Waals surface area contributed by atoms with E-state index in [-0.39, 0.29) is 0 Å². The largest absolute Gasteiger partial charge is 0.245 e. The SMILES string of the molecule is CC.CC.[B]c1ccc2c(C)ncnn12. The van der Waals surface area contributed by atoms with Gasteiger partial charge in [-0.3, -0.25) is 0 Å². The zero-order valence-corrected chi connectivity index (χ0v) is 10.2. The van der Waals surface area contributed by atoms with E-state index in [4.69, 9.17) is 7.85 Å². The third-order valence-corrected chi connectivity index (χ3v) is 1.67. The van der Waals surface area contributed by atoms with Crippen LogP contribution in [-0.2, 0) is 0 Å². The van der Waals surface area contributed by atoms with Crippen LogP contribution in [0.25, 0.3) is 5.52 Å². The van der Waals surface area contributed by atoms with Crippen LogP contribution >= 0.6 is 0 Å². The Bertz CT molecular complexity index is 396. The Morgan fingerprint density at radius 1 is 1.13 bits per heavy atom. The van der Waals surface area contributed by atoms with Crippen molar-refractivity contribution in [2.45, 2.75) is 34.6 Å². The molecule has 2 rings (SSSR count). The summed E-state index contributed by atoms with van der Waals surface area (Å²) in [4.78, 5) is 4.03. The molecule has 2 aromatic heterocycles. The fourth-order valence-corrected chi connectivity index (χ4v) is 1.08. The minimum atomic E-state index is 0.644. The smallest absolute Gasteiger partial charge is 0.141 e. The van der Waals surface area contributed by atoms with Crippen molar-refractivity contribution in [1.82, 2.24) is 14.6 Å². The third kappa shape index (κ3) is 3.08. The summed E-state index contributed by atoms with van der Waals surface area (Å²) in [6.45, 7) is 9.93. The molecule has 2 radical (unpaired) electrons. The van der Waals surface area contributed by atoms with Gasteiger partial charge in [-0.15, -0.1) is 0 Å². The predicted octanol–water partition coefficient (Wildman–Crippen LogP) is 1.88. The summed E-state index contributed by atoms with van der Waals surface area (Å²) in [5.74, 6) is 0. The Morgan fingerprint density at radius 3 is 2.27 bits per heavy atom. The molecule has 0 unspecified atom stereocenters. The fourth-order valence-electron chi connectivity index (χ4n) is 1.08. The lowest BCUT2D eigenvalue weighted by molar-refractivity contribution is 0.906. The van der Waals surface area contributed by atoms with Gasteiger partial charge in [-0.25, -0.2) is 9.50 Å². The number of nitrogens with zero attached hydrogens (tertiary/aromatic N) is 3. The summed E-state index contributed by atoms with van der Waals surface area (Å²) in [5.41, 5.74) is 2.55. The summed E-state index contributed by atoms with van der Waals surface area (Å²) in [6, 6.07) is 3.72. The van der Waals surface area contributed by atoms with Gasteiger partial charge < -0.3 is 0 Å². The summed E-state index contributed by atoms with van der Waals surface area (Å²) in [7, 11) is 5.62. The maximum absolute atomic E-state index is 5.62. The van der Waals surface area contributed by atoms with Gasteiger partial charge >= 0.3 is 0 Å². The maximum Gasteiger partial charge on any atom is 0.141 e. The van der Waals surface area contributed by atoms with Crippen molar-refractivity contribution >= 4 is 19.0 Å². The molecular formula is C11H18BN3. The average Bonchev–Trinajstić information content (AvgIpc) is 2.68. The highest BCUT2D eigenvalue weighted by Gasteiger charge is 1.99. The van der Waals surface area contributed by atoms with Crippen LogP contribution in [0.2, 0.25) is 0 Å². The van der Waals surface area contributed by atoms with Gasteiger partial charge in [0.2, 0.25) is 0 Å². The second-order valence-electron chi connectivity index (χ2n) is 2.40. The van der Waals surface area contributed by atoms with Crippen molar-refractivity contribution in [3.63, 3.8) is 0 Å². The second-order valence-corrected chi connectivity index (χ2v) is 2.40. The Morgan fingerprint density at radius 2 is 1.73 bits per heavy atom.